The molecule has 3 saturated heterocycles. The van der Waals surface area contributed by atoms with E-state index in [1.807, 2.05) is 60.7 Å². The van der Waals surface area contributed by atoms with E-state index in [2.05, 4.69) is 18.5 Å². The molecule has 0 unspecified atom stereocenters. The second-order valence-electron chi connectivity index (χ2n) is 13.2. The fourth-order valence-electron chi connectivity index (χ4n) is 7.70. The van der Waals surface area contributed by atoms with Gasteiger partial charge in [-0.1, -0.05) is 85.7 Å². The van der Waals surface area contributed by atoms with Gasteiger partial charge in [0.05, 0.1) is 24.5 Å². The first-order valence-corrected chi connectivity index (χ1v) is 17.5. The summed E-state index contributed by atoms with van der Waals surface area (Å²) in [7, 11) is 0. The van der Waals surface area contributed by atoms with Crippen molar-refractivity contribution >= 4 is 23.7 Å². The van der Waals surface area contributed by atoms with Crippen molar-refractivity contribution in [2.45, 2.75) is 81.8 Å². The van der Waals surface area contributed by atoms with Gasteiger partial charge in [0, 0.05) is 32.7 Å². The van der Waals surface area contributed by atoms with E-state index in [0.29, 0.717) is 45.2 Å². The van der Waals surface area contributed by atoms with Crippen molar-refractivity contribution in [2.75, 3.05) is 26.2 Å². The highest BCUT2D eigenvalue weighted by atomic mass is 16.6. The first-order chi connectivity index (χ1) is 23.8. The molecule has 3 fully saturated rings. The van der Waals surface area contributed by atoms with Crippen LogP contribution in [0.4, 0.5) is 0 Å². The number of unbranched alkanes of at least 4 members (excludes halogenated alkanes) is 3. The molecule has 3 amide bonds. The van der Waals surface area contributed by atoms with Gasteiger partial charge in [-0.2, -0.15) is 0 Å². The summed E-state index contributed by atoms with van der Waals surface area (Å²) in [5.74, 6) is -3.00. The molecule has 2 aromatic carbocycles. The smallest absolute Gasteiger partial charge is 0.313 e. The summed E-state index contributed by atoms with van der Waals surface area (Å²) in [6, 6.07) is 18.0. The highest BCUT2D eigenvalue weighted by molar-refractivity contribution is 5.98. The fourth-order valence-corrected chi connectivity index (χ4v) is 7.70. The number of amides is 3. The number of nitrogens with one attached hydrogen (secondary N) is 1. The number of benzene rings is 2. The van der Waals surface area contributed by atoms with E-state index in [0.717, 1.165) is 24.0 Å². The van der Waals surface area contributed by atoms with E-state index >= 15 is 0 Å². The number of esters is 1. The Labute approximate surface area is 289 Å². The molecule has 0 radical (unpaired) electrons. The predicted octanol–water partition coefficient (Wildman–Crippen LogP) is 4.50. The fraction of sp³-hybridized carbons (Fsp3) is 0.487. The van der Waals surface area contributed by atoms with Crippen molar-refractivity contribution < 1.29 is 33.8 Å². The number of ether oxygens (including phenoxy) is 2. The van der Waals surface area contributed by atoms with Gasteiger partial charge < -0.3 is 29.7 Å². The van der Waals surface area contributed by atoms with Gasteiger partial charge in [-0.05, 0) is 43.2 Å². The molecule has 3 aliphatic heterocycles. The SMILES string of the molecule is C=CCCC(=O)NC[C@@H](OC(=O)[C@@H]1[C@H]2C(=O)N(CCCCCCO)[C@H](C(=O)N(CC=C)Cc3ccccc3)[C@]23CC[C@H]1O3)c1ccccc1. The third-order valence-electron chi connectivity index (χ3n) is 9.98. The molecule has 0 aliphatic carbocycles. The minimum atomic E-state index is -1.16. The number of aliphatic hydroxyl groups excluding tert-OH is 1. The number of nitrogens with zero attached hydrogens (tertiary/aromatic N) is 2. The molecule has 2 aromatic rings. The zero-order chi connectivity index (χ0) is 34.8. The number of allylic oxidation sites excluding steroid dienone is 1. The van der Waals surface area contributed by atoms with Gasteiger partial charge in [-0.15, -0.1) is 13.2 Å². The van der Waals surface area contributed by atoms with Crippen LogP contribution in [0.5, 0.6) is 0 Å². The molecular weight excluding hydrogens is 622 g/mol. The van der Waals surface area contributed by atoms with Gasteiger partial charge >= 0.3 is 5.97 Å². The van der Waals surface area contributed by atoms with Crippen LogP contribution >= 0.6 is 0 Å². The Morgan fingerprint density at radius 1 is 1.04 bits per heavy atom. The molecule has 2 bridgehead atoms. The third kappa shape index (κ3) is 7.97. The van der Waals surface area contributed by atoms with Gasteiger partial charge in [-0.25, -0.2) is 0 Å². The monoisotopic (exact) mass is 671 g/mol. The van der Waals surface area contributed by atoms with Gasteiger partial charge in [0.2, 0.25) is 17.7 Å². The standard InChI is InChI=1S/C39H49N3O7/c1-3-5-20-32(44)40-26-31(29-18-12-9-13-19-29)48-38(47)33-30-21-22-39(49-30)34(33)36(45)42(24-14-6-7-15-25-43)35(39)37(46)41(23-4-2)27-28-16-10-8-11-17-28/h3-4,8-13,16-19,30-31,33-35,43H,1-2,5-7,14-15,20-27H2,(H,40,44)/t30-,31-,33+,34+,35-,39+/m1/s1. The minimum absolute atomic E-state index is 0.0742. The van der Waals surface area contributed by atoms with Crippen molar-refractivity contribution in [1.29, 1.82) is 0 Å². The minimum Gasteiger partial charge on any atom is -0.455 e. The van der Waals surface area contributed by atoms with Crippen LogP contribution in [0.2, 0.25) is 0 Å². The van der Waals surface area contributed by atoms with Crippen LogP contribution in [0.25, 0.3) is 0 Å². The summed E-state index contributed by atoms with van der Waals surface area (Å²) >= 11 is 0. The number of carbonyl (C=O) groups excluding carboxylic acids is 4. The molecule has 49 heavy (non-hydrogen) atoms. The van der Waals surface area contributed by atoms with Crippen LogP contribution < -0.4 is 5.32 Å². The van der Waals surface area contributed by atoms with Crippen molar-refractivity contribution in [2.24, 2.45) is 11.8 Å². The summed E-state index contributed by atoms with van der Waals surface area (Å²) in [4.78, 5) is 59.1. The number of hydrogen-bond donors (Lipinski definition) is 2. The molecular formula is C39H49N3O7. The maximum Gasteiger partial charge on any atom is 0.313 e. The van der Waals surface area contributed by atoms with Crippen LogP contribution in [0.1, 0.15) is 68.6 Å². The first kappa shape index (κ1) is 36.0. The molecule has 10 heteroatoms. The van der Waals surface area contributed by atoms with E-state index in [1.165, 1.54) is 0 Å². The average Bonchev–Trinajstić information content (AvgIpc) is 3.76. The summed E-state index contributed by atoms with van der Waals surface area (Å²) < 4.78 is 12.8. The van der Waals surface area contributed by atoms with Crippen molar-refractivity contribution in [3.05, 3.63) is 97.1 Å². The maximum absolute atomic E-state index is 14.6. The number of carbonyl (C=O) groups is 4. The summed E-state index contributed by atoms with van der Waals surface area (Å²) in [5, 5.41) is 12.1. The van der Waals surface area contributed by atoms with Gasteiger partial charge in [0.15, 0.2) is 0 Å². The predicted molar refractivity (Wildman–Crippen MR) is 185 cm³/mol. The number of rotatable bonds is 19. The summed E-state index contributed by atoms with van der Waals surface area (Å²) in [6.07, 6.45) is 6.72. The molecule has 262 valence electrons. The van der Waals surface area contributed by atoms with Gasteiger partial charge in [0.1, 0.15) is 17.7 Å². The van der Waals surface area contributed by atoms with Crippen LogP contribution in [0.3, 0.4) is 0 Å². The summed E-state index contributed by atoms with van der Waals surface area (Å²) in [6.45, 7) is 8.70. The first-order valence-electron chi connectivity index (χ1n) is 17.5. The Hall–Kier alpha value is -4.28. The highest BCUT2D eigenvalue weighted by Crippen LogP contribution is 2.59. The van der Waals surface area contributed by atoms with E-state index < -0.39 is 41.7 Å². The van der Waals surface area contributed by atoms with Gasteiger partial charge in [-0.3, -0.25) is 19.2 Å². The number of hydrogen-bond acceptors (Lipinski definition) is 7. The Balaban J connectivity index is 1.41. The molecule has 3 aliphatic rings. The van der Waals surface area contributed by atoms with Crippen molar-refractivity contribution in [3.63, 3.8) is 0 Å². The molecule has 0 saturated carbocycles. The lowest BCUT2D eigenvalue weighted by Gasteiger charge is -2.37. The Bertz CT molecular complexity index is 1470. The average molecular weight is 672 g/mol. The normalized spacial score (nSPS) is 24.3. The summed E-state index contributed by atoms with van der Waals surface area (Å²) in [5.41, 5.74) is 0.508. The molecule has 5 rings (SSSR count). The molecule has 1 spiro atoms. The number of likely N-dealkylation sites (tertiary alicyclic amines) is 1. The second kappa shape index (κ2) is 16.9. The van der Waals surface area contributed by atoms with E-state index in [4.69, 9.17) is 9.47 Å². The van der Waals surface area contributed by atoms with Crippen molar-refractivity contribution in [1.82, 2.24) is 15.1 Å². The van der Waals surface area contributed by atoms with E-state index in [1.54, 1.807) is 22.0 Å². The lowest BCUT2D eigenvalue weighted by atomic mass is 9.70. The largest absolute Gasteiger partial charge is 0.455 e. The second-order valence-corrected chi connectivity index (χ2v) is 13.2. The Kier molecular flexibility index (Phi) is 12.4. The lowest BCUT2D eigenvalue weighted by molar-refractivity contribution is -0.160. The van der Waals surface area contributed by atoms with Crippen LogP contribution in [0, 0.1) is 11.8 Å². The van der Waals surface area contributed by atoms with E-state index in [-0.39, 0.29) is 43.8 Å². The maximum atomic E-state index is 14.6. The molecule has 6 atom stereocenters. The van der Waals surface area contributed by atoms with E-state index in [9.17, 15) is 24.3 Å². The Morgan fingerprint density at radius 2 is 1.76 bits per heavy atom. The van der Waals surface area contributed by atoms with Crippen molar-refractivity contribution in [3.8, 4) is 0 Å². The molecule has 3 heterocycles. The zero-order valence-corrected chi connectivity index (χ0v) is 28.2. The molecule has 2 N–H and O–H groups in total. The molecule has 10 nitrogen and oxygen atoms in total. The number of fused-ring (bicyclic) bond motifs is 1. The highest BCUT2D eigenvalue weighted by Gasteiger charge is 2.75. The van der Waals surface area contributed by atoms with Crippen LogP contribution in [-0.2, 0) is 35.2 Å². The third-order valence-corrected chi connectivity index (χ3v) is 9.98. The zero-order valence-electron chi connectivity index (χ0n) is 28.2. The Morgan fingerprint density at radius 3 is 2.45 bits per heavy atom. The number of aliphatic hydroxyl groups is 1. The molecule has 0 aromatic heterocycles. The van der Waals surface area contributed by atoms with Gasteiger partial charge in [0.25, 0.3) is 0 Å². The lowest BCUT2D eigenvalue weighted by Crippen LogP contribution is -2.56. The quantitative estimate of drug-likeness (QED) is 0.128. The topological polar surface area (TPSA) is 125 Å². The van der Waals surface area contributed by atoms with Crippen LogP contribution in [-0.4, -0.2) is 82.6 Å². The van der Waals surface area contributed by atoms with Crippen LogP contribution in [0.15, 0.2) is 86.0 Å².